The molecule has 0 aromatic carbocycles. The van der Waals surface area contributed by atoms with Gasteiger partial charge in [0, 0.05) is 18.8 Å². The lowest BCUT2D eigenvalue weighted by atomic mass is 10.2. The number of nitrogens with two attached hydrogens (primary N) is 1. The van der Waals surface area contributed by atoms with E-state index in [2.05, 4.69) is 16.4 Å². The Morgan fingerprint density at radius 1 is 1.67 bits per heavy atom. The molecule has 0 amide bonds. The SMILES string of the molecule is N#Cc1cccnc1NCC(N)C1CC1. The van der Waals surface area contributed by atoms with Crippen LogP contribution in [0.25, 0.3) is 0 Å². The zero-order chi connectivity index (χ0) is 10.7. The van der Waals surface area contributed by atoms with Gasteiger partial charge in [0.1, 0.15) is 11.9 Å². The van der Waals surface area contributed by atoms with Gasteiger partial charge in [-0.05, 0) is 30.9 Å². The predicted octanol–water partition coefficient (Wildman–Crippen LogP) is 1.10. The topological polar surface area (TPSA) is 74.7 Å². The summed E-state index contributed by atoms with van der Waals surface area (Å²) in [5, 5.41) is 12.0. The van der Waals surface area contributed by atoms with Gasteiger partial charge >= 0.3 is 0 Å². The largest absolute Gasteiger partial charge is 0.367 e. The number of nitriles is 1. The monoisotopic (exact) mass is 202 g/mol. The first kappa shape index (κ1) is 9.94. The van der Waals surface area contributed by atoms with E-state index in [-0.39, 0.29) is 6.04 Å². The molecule has 1 aliphatic carbocycles. The smallest absolute Gasteiger partial charge is 0.143 e. The Bertz CT molecular complexity index is 378. The van der Waals surface area contributed by atoms with Crippen LogP contribution in [0.15, 0.2) is 18.3 Å². The molecule has 1 aromatic rings. The standard InChI is InChI=1S/C11H14N4/c12-6-9-2-1-5-14-11(9)15-7-10(13)8-3-4-8/h1-2,5,8,10H,3-4,7,13H2,(H,14,15). The van der Waals surface area contributed by atoms with Gasteiger partial charge in [0.25, 0.3) is 0 Å². The molecule has 78 valence electrons. The van der Waals surface area contributed by atoms with E-state index in [0.29, 0.717) is 23.8 Å². The number of hydrogen-bond donors (Lipinski definition) is 2. The maximum Gasteiger partial charge on any atom is 0.143 e. The molecule has 1 saturated carbocycles. The molecule has 0 spiro atoms. The van der Waals surface area contributed by atoms with Crippen molar-refractivity contribution < 1.29 is 0 Å². The highest BCUT2D eigenvalue weighted by atomic mass is 15.0. The third-order valence-electron chi connectivity index (χ3n) is 2.66. The number of rotatable bonds is 4. The van der Waals surface area contributed by atoms with Gasteiger partial charge in [-0.2, -0.15) is 5.26 Å². The number of nitrogens with one attached hydrogen (secondary N) is 1. The van der Waals surface area contributed by atoms with Gasteiger partial charge in [0.2, 0.25) is 0 Å². The number of anilines is 1. The molecule has 4 heteroatoms. The lowest BCUT2D eigenvalue weighted by molar-refractivity contribution is 0.620. The Morgan fingerprint density at radius 3 is 3.13 bits per heavy atom. The maximum atomic E-state index is 8.84. The zero-order valence-corrected chi connectivity index (χ0v) is 8.48. The number of hydrogen-bond acceptors (Lipinski definition) is 4. The molecule has 15 heavy (non-hydrogen) atoms. The highest BCUT2D eigenvalue weighted by Crippen LogP contribution is 2.31. The number of aromatic nitrogens is 1. The Hall–Kier alpha value is -1.60. The Morgan fingerprint density at radius 2 is 2.47 bits per heavy atom. The van der Waals surface area contributed by atoms with Gasteiger partial charge in [-0.3, -0.25) is 0 Å². The minimum atomic E-state index is 0.179. The van der Waals surface area contributed by atoms with Crippen LogP contribution in [0, 0.1) is 17.2 Å². The molecule has 0 bridgehead atoms. The summed E-state index contributed by atoms with van der Waals surface area (Å²) < 4.78 is 0. The first-order valence-electron chi connectivity index (χ1n) is 5.16. The van der Waals surface area contributed by atoms with Crippen molar-refractivity contribution in [3.8, 4) is 6.07 Å². The summed E-state index contributed by atoms with van der Waals surface area (Å²) in [6.45, 7) is 0.691. The van der Waals surface area contributed by atoms with E-state index in [1.165, 1.54) is 12.8 Å². The van der Waals surface area contributed by atoms with Gasteiger partial charge in [0.05, 0.1) is 5.56 Å². The van der Waals surface area contributed by atoms with Gasteiger partial charge in [-0.1, -0.05) is 0 Å². The normalized spacial score (nSPS) is 16.8. The van der Waals surface area contributed by atoms with Crippen LogP contribution in [0.1, 0.15) is 18.4 Å². The molecule has 1 aliphatic rings. The van der Waals surface area contributed by atoms with Crippen molar-refractivity contribution in [2.75, 3.05) is 11.9 Å². The average Bonchev–Trinajstić information content (AvgIpc) is 3.10. The van der Waals surface area contributed by atoms with E-state index in [9.17, 15) is 0 Å². The second-order valence-corrected chi connectivity index (χ2v) is 3.89. The molecular weight excluding hydrogens is 188 g/mol. The highest BCUT2D eigenvalue weighted by Gasteiger charge is 2.28. The minimum Gasteiger partial charge on any atom is -0.367 e. The van der Waals surface area contributed by atoms with Crippen LogP contribution in [-0.4, -0.2) is 17.6 Å². The van der Waals surface area contributed by atoms with Gasteiger partial charge < -0.3 is 11.1 Å². The molecule has 1 aromatic heterocycles. The summed E-state index contributed by atoms with van der Waals surface area (Å²) in [6.07, 6.45) is 4.14. The summed E-state index contributed by atoms with van der Waals surface area (Å²) in [7, 11) is 0. The fraction of sp³-hybridized carbons (Fsp3) is 0.455. The van der Waals surface area contributed by atoms with E-state index in [0.717, 1.165) is 0 Å². The first-order valence-corrected chi connectivity index (χ1v) is 5.16. The summed E-state index contributed by atoms with van der Waals surface area (Å²) in [5.41, 5.74) is 6.52. The fourth-order valence-corrected chi connectivity index (χ4v) is 1.54. The van der Waals surface area contributed by atoms with Crippen molar-refractivity contribution in [1.29, 1.82) is 5.26 Å². The lowest BCUT2D eigenvalue weighted by Crippen LogP contribution is -2.31. The lowest BCUT2D eigenvalue weighted by Gasteiger charge is -2.12. The average molecular weight is 202 g/mol. The van der Waals surface area contributed by atoms with E-state index >= 15 is 0 Å². The van der Waals surface area contributed by atoms with Crippen LogP contribution in [0.5, 0.6) is 0 Å². The Labute approximate surface area is 89.1 Å². The molecule has 0 saturated heterocycles. The minimum absolute atomic E-state index is 0.179. The molecular formula is C11H14N4. The van der Waals surface area contributed by atoms with Crippen LogP contribution in [0.4, 0.5) is 5.82 Å². The summed E-state index contributed by atoms with van der Waals surface area (Å²) in [4.78, 5) is 4.11. The Kier molecular flexibility index (Phi) is 2.84. The molecule has 1 fully saturated rings. The van der Waals surface area contributed by atoms with Crippen molar-refractivity contribution in [2.24, 2.45) is 11.7 Å². The van der Waals surface area contributed by atoms with E-state index in [4.69, 9.17) is 11.0 Å². The van der Waals surface area contributed by atoms with Crippen molar-refractivity contribution in [1.82, 2.24) is 4.98 Å². The molecule has 1 heterocycles. The van der Waals surface area contributed by atoms with E-state index in [1.54, 1.807) is 18.3 Å². The maximum absolute atomic E-state index is 8.84. The second-order valence-electron chi connectivity index (χ2n) is 3.89. The second kappa shape index (κ2) is 4.28. The third-order valence-corrected chi connectivity index (χ3v) is 2.66. The van der Waals surface area contributed by atoms with Crippen LogP contribution < -0.4 is 11.1 Å². The summed E-state index contributed by atoms with van der Waals surface area (Å²) >= 11 is 0. The number of pyridine rings is 1. The summed E-state index contributed by atoms with van der Waals surface area (Å²) in [5.74, 6) is 1.29. The molecule has 4 nitrogen and oxygen atoms in total. The highest BCUT2D eigenvalue weighted by molar-refractivity contribution is 5.51. The van der Waals surface area contributed by atoms with Crippen molar-refractivity contribution in [2.45, 2.75) is 18.9 Å². The van der Waals surface area contributed by atoms with E-state index in [1.807, 2.05) is 0 Å². The van der Waals surface area contributed by atoms with Crippen LogP contribution in [0.3, 0.4) is 0 Å². The Balaban J connectivity index is 1.95. The third kappa shape index (κ3) is 2.45. The van der Waals surface area contributed by atoms with E-state index < -0.39 is 0 Å². The van der Waals surface area contributed by atoms with Gasteiger partial charge in [0.15, 0.2) is 0 Å². The van der Waals surface area contributed by atoms with Crippen LogP contribution in [-0.2, 0) is 0 Å². The molecule has 3 N–H and O–H groups in total. The molecule has 0 radical (unpaired) electrons. The summed E-state index contributed by atoms with van der Waals surface area (Å²) in [6, 6.07) is 5.78. The number of nitrogens with zero attached hydrogens (tertiary/aromatic N) is 2. The predicted molar refractivity (Wildman–Crippen MR) is 58.1 cm³/mol. The first-order chi connectivity index (χ1) is 7.31. The molecule has 0 aliphatic heterocycles. The van der Waals surface area contributed by atoms with Gasteiger partial charge in [-0.15, -0.1) is 0 Å². The zero-order valence-electron chi connectivity index (χ0n) is 8.48. The van der Waals surface area contributed by atoms with Crippen molar-refractivity contribution >= 4 is 5.82 Å². The van der Waals surface area contributed by atoms with Crippen LogP contribution in [0.2, 0.25) is 0 Å². The van der Waals surface area contributed by atoms with Crippen molar-refractivity contribution in [3.05, 3.63) is 23.9 Å². The quantitative estimate of drug-likeness (QED) is 0.766. The molecule has 1 unspecified atom stereocenters. The molecule has 1 atom stereocenters. The fourth-order valence-electron chi connectivity index (χ4n) is 1.54. The van der Waals surface area contributed by atoms with Crippen LogP contribution >= 0.6 is 0 Å². The van der Waals surface area contributed by atoms with Crippen molar-refractivity contribution in [3.63, 3.8) is 0 Å². The van der Waals surface area contributed by atoms with Gasteiger partial charge in [-0.25, -0.2) is 4.98 Å². The molecule has 2 rings (SSSR count).